The maximum Gasteiger partial charge on any atom is 0.251 e. The van der Waals surface area contributed by atoms with Crippen LogP contribution in [0.15, 0.2) is 23.1 Å². The van der Waals surface area contributed by atoms with Crippen molar-refractivity contribution < 1.29 is 9.90 Å². The molecule has 106 valence electrons. The quantitative estimate of drug-likeness (QED) is 0.698. The molecule has 19 heavy (non-hydrogen) atoms. The average molecular weight is 266 g/mol. The molecule has 0 bridgehead atoms. The Labute approximate surface area is 113 Å². The van der Waals surface area contributed by atoms with E-state index in [1.165, 1.54) is 18.3 Å². The highest BCUT2D eigenvalue weighted by atomic mass is 16.3. The Kier molecular flexibility index (Phi) is 5.76. The molecule has 0 fully saturated rings. The van der Waals surface area contributed by atoms with E-state index in [-0.39, 0.29) is 18.0 Å². The molecule has 0 unspecified atom stereocenters. The fourth-order valence-corrected chi connectivity index (χ4v) is 2.17. The number of hydrogen-bond acceptors (Lipinski definition) is 3. The maximum absolute atomic E-state index is 11.9. The zero-order valence-corrected chi connectivity index (χ0v) is 11.5. The largest absolute Gasteiger partial charge is 0.388 e. The second kappa shape index (κ2) is 7.09. The van der Waals surface area contributed by atoms with Gasteiger partial charge in [-0.25, -0.2) is 0 Å². The third kappa shape index (κ3) is 4.87. The zero-order valence-electron chi connectivity index (χ0n) is 11.5. The van der Waals surface area contributed by atoms with E-state index in [9.17, 15) is 14.7 Å². The summed E-state index contributed by atoms with van der Waals surface area (Å²) in [5.41, 5.74) is -0.871. The summed E-state index contributed by atoms with van der Waals surface area (Å²) < 4.78 is 0. The van der Waals surface area contributed by atoms with E-state index >= 15 is 0 Å². The van der Waals surface area contributed by atoms with Gasteiger partial charge in [0.15, 0.2) is 0 Å². The number of hydrogen-bond donors (Lipinski definition) is 3. The normalized spacial score (nSPS) is 11.3. The van der Waals surface area contributed by atoms with Crippen LogP contribution in [0.2, 0.25) is 0 Å². The molecule has 3 N–H and O–H groups in total. The molecule has 1 amide bonds. The summed E-state index contributed by atoms with van der Waals surface area (Å²) in [6, 6.07) is 2.78. The van der Waals surface area contributed by atoms with Crippen LogP contribution in [0.4, 0.5) is 0 Å². The van der Waals surface area contributed by atoms with Gasteiger partial charge in [0.1, 0.15) is 0 Å². The third-order valence-corrected chi connectivity index (χ3v) is 3.05. The maximum atomic E-state index is 11.9. The Morgan fingerprint density at radius 2 is 2.00 bits per heavy atom. The Hall–Kier alpha value is -1.62. The minimum atomic E-state index is -0.861. The lowest BCUT2D eigenvalue weighted by atomic mass is 9.92. The number of carbonyl (C=O) groups is 1. The van der Waals surface area contributed by atoms with Crippen molar-refractivity contribution in [3.8, 4) is 0 Å². The summed E-state index contributed by atoms with van der Waals surface area (Å²) >= 11 is 0. The van der Waals surface area contributed by atoms with E-state index in [1.807, 2.05) is 13.8 Å². The monoisotopic (exact) mass is 266 g/mol. The lowest BCUT2D eigenvalue weighted by Crippen LogP contribution is -2.43. The van der Waals surface area contributed by atoms with Crippen molar-refractivity contribution in [2.45, 2.75) is 45.1 Å². The molecule has 0 aliphatic rings. The Morgan fingerprint density at radius 3 is 2.53 bits per heavy atom. The molecule has 1 aromatic rings. The molecule has 5 heteroatoms. The molecule has 1 heterocycles. The molecular weight excluding hydrogens is 244 g/mol. The molecule has 0 spiro atoms. The lowest BCUT2D eigenvalue weighted by Gasteiger charge is -2.27. The number of rotatable bonds is 7. The van der Waals surface area contributed by atoms with Gasteiger partial charge in [-0.1, -0.05) is 26.7 Å². The molecule has 5 nitrogen and oxygen atoms in total. The first-order chi connectivity index (χ1) is 9.00. The number of aliphatic hydroxyl groups is 1. The summed E-state index contributed by atoms with van der Waals surface area (Å²) in [5.74, 6) is -0.336. The van der Waals surface area contributed by atoms with E-state index < -0.39 is 5.60 Å². The van der Waals surface area contributed by atoms with Crippen LogP contribution < -0.4 is 10.9 Å². The molecule has 0 saturated heterocycles. The average Bonchev–Trinajstić information content (AvgIpc) is 2.37. The van der Waals surface area contributed by atoms with Crippen LogP contribution in [0.1, 0.15) is 49.9 Å². The number of H-pyrrole nitrogens is 1. The van der Waals surface area contributed by atoms with Crippen molar-refractivity contribution in [2.24, 2.45) is 0 Å². The highest BCUT2D eigenvalue weighted by Crippen LogP contribution is 2.18. The van der Waals surface area contributed by atoms with Gasteiger partial charge in [-0.15, -0.1) is 0 Å². The van der Waals surface area contributed by atoms with Crippen molar-refractivity contribution in [3.05, 3.63) is 34.2 Å². The standard InChI is InChI=1S/C14H22N2O3/c1-3-6-14(19,7-4-2)10-16-13(18)11-5-8-15-12(17)9-11/h5,8-9,19H,3-4,6-7,10H2,1-2H3,(H,15,17)(H,16,18). The summed E-state index contributed by atoms with van der Waals surface area (Å²) in [6.45, 7) is 4.21. The van der Waals surface area contributed by atoms with Crippen molar-refractivity contribution in [3.63, 3.8) is 0 Å². The smallest absolute Gasteiger partial charge is 0.251 e. The van der Waals surface area contributed by atoms with Gasteiger partial charge in [-0.2, -0.15) is 0 Å². The van der Waals surface area contributed by atoms with Gasteiger partial charge in [0.2, 0.25) is 5.56 Å². The van der Waals surface area contributed by atoms with Crippen LogP contribution in [-0.4, -0.2) is 28.1 Å². The topological polar surface area (TPSA) is 82.2 Å². The molecule has 0 aromatic carbocycles. The lowest BCUT2D eigenvalue weighted by molar-refractivity contribution is 0.0213. The second-order valence-corrected chi connectivity index (χ2v) is 4.85. The minimum Gasteiger partial charge on any atom is -0.388 e. The van der Waals surface area contributed by atoms with Crippen LogP contribution in [-0.2, 0) is 0 Å². The van der Waals surface area contributed by atoms with E-state index in [1.54, 1.807) is 0 Å². The number of amides is 1. The van der Waals surface area contributed by atoms with Gasteiger partial charge in [0.05, 0.1) is 5.60 Å². The predicted octanol–water partition coefficient (Wildman–Crippen LogP) is 1.44. The summed E-state index contributed by atoms with van der Waals surface area (Å²) in [4.78, 5) is 25.4. The number of pyridine rings is 1. The first kappa shape index (κ1) is 15.4. The fraction of sp³-hybridized carbons (Fsp3) is 0.571. The highest BCUT2D eigenvalue weighted by molar-refractivity contribution is 5.93. The second-order valence-electron chi connectivity index (χ2n) is 4.85. The molecule has 0 saturated carbocycles. The van der Waals surface area contributed by atoms with Crippen LogP contribution >= 0.6 is 0 Å². The van der Waals surface area contributed by atoms with Crippen molar-refractivity contribution in [2.75, 3.05) is 6.54 Å². The third-order valence-electron chi connectivity index (χ3n) is 3.05. The van der Waals surface area contributed by atoms with E-state index in [0.29, 0.717) is 18.4 Å². The van der Waals surface area contributed by atoms with Crippen LogP contribution in [0, 0.1) is 0 Å². The number of aromatic nitrogens is 1. The van der Waals surface area contributed by atoms with Crippen molar-refractivity contribution in [1.29, 1.82) is 0 Å². The molecular formula is C14H22N2O3. The van der Waals surface area contributed by atoms with Gasteiger partial charge < -0.3 is 15.4 Å². The number of aromatic amines is 1. The summed E-state index contributed by atoms with van der Waals surface area (Å²) in [5, 5.41) is 13.1. The van der Waals surface area contributed by atoms with Gasteiger partial charge in [0, 0.05) is 24.4 Å². The zero-order chi connectivity index (χ0) is 14.3. The van der Waals surface area contributed by atoms with Crippen LogP contribution in [0.25, 0.3) is 0 Å². The Morgan fingerprint density at radius 1 is 1.37 bits per heavy atom. The van der Waals surface area contributed by atoms with Crippen LogP contribution in [0.5, 0.6) is 0 Å². The van der Waals surface area contributed by atoms with E-state index in [2.05, 4.69) is 10.3 Å². The molecule has 0 atom stereocenters. The van der Waals surface area contributed by atoms with E-state index in [0.717, 1.165) is 12.8 Å². The summed E-state index contributed by atoms with van der Waals surface area (Å²) in [6.07, 6.45) is 4.45. The molecule has 0 aliphatic carbocycles. The first-order valence-electron chi connectivity index (χ1n) is 6.70. The molecule has 1 rings (SSSR count). The Bertz CT molecular complexity index is 462. The van der Waals surface area contributed by atoms with E-state index in [4.69, 9.17) is 0 Å². The minimum absolute atomic E-state index is 0.209. The molecule has 0 radical (unpaired) electrons. The Balaban J connectivity index is 2.64. The number of carbonyl (C=O) groups excluding carboxylic acids is 1. The number of nitrogens with one attached hydrogen (secondary N) is 2. The SMILES string of the molecule is CCCC(O)(CCC)CNC(=O)c1cc[nH]c(=O)c1. The highest BCUT2D eigenvalue weighted by Gasteiger charge is 2.25. The van der Waals surface area contributed by atoms with Gasteiger partial charge >= 0.3 is 0 Å². The fourth-order valence-electron chi connectivity index (χ4n) is 2.17. The van der Waals surface area contributed by atoms with Gasteiger partial charge in [-0.05, 0) is 18.9 Å². The molecule has 0 aliphatic heterocycles. The van der Waals surface area contributed by atoms with Crippen molar-refractivity contribution >= 4 is 5.91 Å². The van der Waals surface area contributed by atoms with Crippen molar-refractivity contribution in [1.82, 2.24) is 10.3 Å². The summed E-state index contributed by atoms with van der Waals surface area (Å²) in [7, 11) is 0. The predicted molar refractivity (Wildman–Crippen MR) is 74.2 cm³/mol. The van der Waals surface area contributed by atoms with Gasteiger partial charge in [-0.3, -0.25) is 9.59 Å². The molecule has 1 aromatic heterocycles. The van der Waals surface area contributed by atoms with Gasteiger partial charge in [0.25, 0.3) is 5.91 Å². The van der Waals surface area contributed by atoms with Crippen LogP contribution in [0.3, 0.4) is 0 Å². The first-order valence-corrected chi connectivity index (χ1v) is 6.70.